The summed E-state index contributed by atoms with van der Waals surface area (Å²) in [7, 11) is 1.64. The van der Waals surface area contributed by atoms with E-state index in [9.17, 15) is 14.4 Å². The Balaban J connectivity index is 1.54. The topological polar surface area (TPSA) is 82.2 Å². The van der Waals surface area contributed by atoms with Crippen molar-refractivity contribution in [1.82, 2.24) is 15.1 Å². The fraction of sp³-hybridized carbons (Fsp3) is 0.591. The maximum Gasteiger partial charge on any atom is 0.325 e. The Hall–Kier alpha value is -2.77. The second kappa shape index (κ2) is 8.93. The van der Waals surface area contributed by atoms with Crippen molar-refractivity contribution in [3.05, 3.63) is 24.3 Å². The molecule has 2 fully saturated rings. The number of rotatable bonds is 7. The van der Waals surface area contributed by atoms with Gasteiger partial charge in [0, 0.05) is 31.9 Å². The Morgan fingerprint density at radius 1 is 1.13 bits per heavy atom. The van der Waals surface area contributed by atoms with E-state index in [0.717, 1.165) is 22.8 Å². The number of nitrogens with zero attached hydrogens (tertiary/aromatic N) is 3. The molecule has 164 valence electrons. The summed E-state index contributed by atoms with van der Waals surface area (Å²) in [4.78, 5) is 42.9. The number of carbonyl (C=O) groups is 3. The number of methoxy groups -OCH3 is 1. The van der Waals surface area contributed by atoms with Crippen molar-refractivity contribution < 1.29 is 19.1 Å². The van der Waals surface area contributed by atoms with Crippen LogP contribution in [0.25, 0.3) is 0 Å². The summed E-state index contributed by atoms with van der Waals surface area (Å²) < 4.78 is 5.19. The van der Waals surface area contributed by atoms with Gasteiger partial charge in [0.25, 0.3) is 5.91 Å². The molecule has 4 amide bonds. The number of nitrogens with one attached hydrogen (secondary N) is 1. The lowest BCUT2D eigenvalue weighted by atomic mass is 9.92. The van der Waals surface area contributed by atoms with Crippen LogP contribution in [0.4, 0.5) is 10.5 Å². The van der Waals surface area contributed by atoms with E-state index in [1.165, 1.54) is 0 Å². The maximum atomic E-state index is 12.8. The van der Waals surface area contributed by atoms with E-state index in [1.54, 1.807) is 18.9 Å². The maximum absolute atomic E-state index is 12.8. The molecule has 0 aromatic heterocycles. The van der Waals surface area contributed by atoms with Crippen molar-refractivity contribution in [1.29, 1.82) is 0 Å². The largest absolute Gasteiger partial charge is 0.497 e. The van der Waals surface area contributed by atoms with Crippen molar-refractivity contribution >= 4 is 23.5 Å². The summed E-state index contributed by atoms with van der Waals surface area (Å²) in [5, 5.41) is 2.78. The number of urea groups is 1. The van der Waals surface area contributed by atoms with E-state index in [0.29, 0.717) is 38.5 Å². The fourth-order valence-electron chi connectivity index (χ4n) is 3.88. The van der Waals surface area contributed by atoms with Crippen LogP contribution in [0.1, 0.15) is 33.6 Å². The lowest BCUT2D eigenvalue weighted by molar-refractivity contribution is -0.139. The Bertz CT molecular complexity index is 787. The number of ether oxygens (including phenoxy) is 1. The minimum atomic E-state index is -0.922. The number of anilines is 1. The Labute approximate surface area is 178 Å². The van der Waals surface area contributed by atoms with Crippen LogP contribution in [0.5, 0.6) is 5.75 Å². The summed E-state index contributed by atoms with van der Waals surface area (Å²) in [6.45, 7) is 8.21. The number of carbonyl (C=O) groups excluding carboxylic acids is 3. The van der Waals surface area contributed by atoms with Gasteiger partial charge in [-0.1, -0.05) is 13.8 Å². The predicted octanol–water partition coefficient (Wildman–Crippen LogP) is 2.09. The standard InChI is InChI=1S/C22H32N4O4/c1-16(2)9-10-22(3)20(28)26(21(29)23-22)15-19(27)25-13-11-24(12-14-25)17-5-7-18(30-4)8-6-17/h5-8,16H,9-15H2,1-4H3,(H,23,29)/t22-/m1/s1. The Morgan fingerprint density at radius 2 is 1.77 bits per heavy atom. The highest BCUT2D eigenvalue weighted by Crippen LogP contribution is 2.25. The average Bonchev–Trinajstić information content (AvgIpc) is 2.96. The molecular weight excluding hydrogens is 384 g/mol. The van der Waals surface area contributed by atoms with E-state index in [1.807, 2.05) is 24.3 Å². The van der Waals surface area contributed by atoms with Crippen LogP contribution < -0.4 is 15.0 Å². The third-order valence-electron chi connectivity index (χ3n) is 5.93. The fourth-order valence-corrected chi connectivity index (χ4v) is 3.88. The van der Waals surface area contributed by atoms with Gasteiger partial charge in [-0.15, -0.1) is 0 Å². The lowest BCUT2D eigenvalue weighted by Gasteiger charge is -2.36. The van der Waals surface area contributed by atoms with Crippen molar-refractivity contribution in [2.45, 2.75) is 39.2 Å². The van der Waals surface area contributed by atoms with E-state index >= 15 is 0 Å². The SMILES string of the molecule is COc1ccc(N2CCN(C(=O)CN3C(=O)N[C@](C)(CCC(C)C)C3=O)CC2)cc1. The third-order valence-corrected chi connectivity index (χ3v) is 5.93. The summed E-state index contributed by atoms with van der Waals surface area (Å²) in [6.07, 6.45) is 1.40. The van der Waals surface area contributed by atoms with Gasteiger partial charge >= 0.3 is 6.03 Å². The van der Waals surface area contributed by atoms with Crippen LogP contribution in [-0.4, -0.2) is 73.0 Å². The second-order valence-corrected chi connectivity index (χ2v) is 8.65. The van der Waals surface area contributed by atoms with E-state index in [-0.39, 0.29) is 18.4 Å². The normalized spacial score (nSPS) is 22.0. The van der Waals surface area contributed by atoms with Gasteiger partial charge in [0.15, 0.2) is 0 Å². The number of hydrogen-bond donors (Lipinski definition) is 1. The van der Waals surface area contributed by atoms with Crippen LogP contribution in [0, 0.1) is 5.92 Å². The van der Waals surface area contributed by atoms with Crippen LogP contribution in [0.15, 0.2) is 24.3 Å². The molecule has 0 saturated carbocycles. The van der Waals surface area contributed by atoms with Crippen molar-refractivity contribution in [2.75, 3.05) is 44.7 Å². The van der Waals surface area contributed by atoms with Crippen LogP contribution >= 0.6 is 0 Å². The number of hydrogen-bond acceptors (Lipinski definition) is 5. The van der Waals surface area contributed by atoms with Gasteiger partial charge in [-0.25, -0.2) is 4.79 Å². The van der Waals surface area contributed by atoms with Crippen LogP contribution in [-0.2, 0) is 9.59 Å². The molecule has 0 radical (unpaired) electrons. The molecule has 0 bridgehead atoms. The van der Waals surface area contributed by atoms with Gasteiger partial charge in [0.2, 0.25) is 5.91 Å². The summed E-state index contributed by atoms with van der Waals surface area (Å²) in [5.74, 6) is 0.741. The van der Waals surface area contributed by atoms with Gasteiger partial charge in [0.05, 0.1) is 7.11 Å². The molecule has 8 heteroatoms. The molecule has 8 nitrogen and oxygen atoms in total. The highest BCUT2D eigenvalue weighted by molar-refractivity contribution is 6.08. The number of piperazine rings is 1. The van der Waals surface area contributed by atoms with Gasteiger partial charge in [-0.3, -0.25) is 14.5 Å². The molecule has 2 heterocycles. The van der Waals surface area contributed by atoms with Crippen molar-refractivity contribution in [2.24, 2.45) is 5.92 Å². The first kappa shape index (κ1) is 21.9. The van der Waals surface area contributed by atoms with Gasteiger partial charge in [-0.05, 0) is 49.9 Å². The molecule has 2 aliphatic heterocycles. The molecule has 1 atom stereocenters. The lowest BCUT2D eigenvalue weighted by Crippen LogP contribution is -2.52. The van der Waals surface area contributed by atoms with Gasteiger partial charge in [0.1, 0.15) is 17.8 Å². The highest BCUT2D eigenvalue weighted by atomic mass is 16.5. The van der Waals surface area contributed by atoms with Gasteiger partial charge < -0.3 is 19.9 Å². The minimum Gasteiger partial charge on any atom is -0.497 e. The second-order valence-electron chi connectivity index (χ2n) is 8.65. The quantitative estimate of drug-likeness (QED) is 0.689. The number of imide groups is 1. The van der Waals surface area contributed by atoms with Crippen LogP contribution in [0.2, 0.25) is 0 Å². The summed E-state index contributed by atoms with van der Waals surface area (Å²) in [6, 6.07) is 7.36. The monoisotopic (exact) mass is 416 g/mol. The average molecular weight is 417 g/mol. The van der Waals surface area contributed by atoms with Gasteiger partial charge in [-0.2, -0.15) is 0 Å². The summed E-state index contributed by atoms with van der Waals surface area (Å²) >= 11 is 0. The molecule has 2 saturated heterocycles. The zero-order valence-electron chi connectivity index (χ0n) is 18.3. The molecule has 1 aromatic rings. The van der Waals surface area contributed by atoms with E-state index < -0.39 is 11.6 Å². The first-order valence-corrected chi connectivity index (χ1v) is 10.5. The predicted molar refractivity (Wildman–Crippen MR) is 115 cm³/mol. The molecule has 0 aliphatic carbocycles. The molecule has 30 heavy (non-hydrogen) atoms. The molecule has 3 rings (SSSR count). The molecular formula is C22H32N4O4. The van der Waals surface area contributed by atoms with Crippen LogP contribution in [0.3, 0.4) is 0 Å². The van der Waals surface area contributed by atoms with E-state index in [2.05, 4.69) is 24.1 Å². The number of benzene rings is 1. The van der Waals surface area contributed by atoms with Crippen molar-refractivity contribution in [3.63, 3.8) is 0 Å². The minimum absolute atomic E-state index is 0.194. The Kier molecular flexibility index (Phi) is 6.53. The first-order chi connectivity index (χ1) is 14.2. The van der Waals surface area contributed by atoms with Crippen molar-refractivity contribution in [3.8, 4) is 5.75 Å². The molecule has 1 N–H and O–H groups in total. The Morgan fingerprint density at radius 3 is 2.33 bits per heavy atom. The molecule has 0 unspecified atom stereocenters. The zero-order valence-corrected chi connectivity index (χ0v) is 18.3. The third kappa shape index (κ3) is 4.68. The zero-order chi connectivity index (χ0) is 21.9. The molecule has 1 aromatic carbocycles. The first-order valence-electron chi connectivity index (χ1n) is 10.5. The van der Waals surface area contributed by atoms with E-state index in [4.69, 9.17) is 4.74 Å². The number of amides is 4. The highest BCUT2D eigenvalue weighted by Gasteiger charge is 2.48. The molecule has 0 spiro atoms. The summed E-state index contributed by atoms with van der Waals surface area (Å²) in [5.41, 5.74) is 0.159. The molecule has 2 aliphatic rings. The smallest absolute Gasteiger partial charge is 0.325 e.